The molecule has 1 fully saturated rings. The SMILES string of the molecule is O=COCC1CCN1. The Morgan fingerprint density at radius 1 is 1.88 bits per heavy atom. The fraction of sp³-hybridized carbons (Fsp3) is 0.800. The molecule has 0 aromatic carbocycles. The third-order valence-corrected chi connectivity index (χ3v) is 1.29. The van der Waals surface area contributed by atoms with Crippen LogP contribution in [0.3, 0.4) is 0 Å². The fourth-order valence-corrected chi connectivity index (χ4v) is 0.646. The van der Waals surface area contributed by atoms with E-state index in [1.54, 1.807) is 0 Å². The second-order valence-corrected chi connectivity index (χ2v) is 1.87. The van der Waals surface area contributed by atoms with Crippen molar-refractivity contribution < 1.29 is 9.53 Å². The topological polar surface area (TPSA) is 38.3 Å². The van der Waals surface area contributed by atoms with Crippen LogP contribution in [0.2, 0.25) is 0 Å². The number of hydrogen-bond donors (Lipinski definition) is 1. The van der Waals surface area contributed by atoms with Gasteiger partial charge in [0, 0.05) is 6.04 Å². The Labute approximate surface area is 48.0 Å². The highest BCUT2D eigenvalue weighted by Crippen LogP contribution is 2.00. The maximum atomic E-state index is 9.60. The minimum atomic E-state index is 0.431. The summed E-state index contributed by atoms with van der Waals surface area (Å²) in [6, 6.07) is 0.431. The molecule has 1 heterocycles. The average molecular weight is 115 g/mol. The largest absolute Gasteiger partial charge is 0.466 e. The summed E-state index contributed by atoms with van der Waals surface area (Å²) >= 11 is 0. The lowest BCUT2D eigenvalue weighted by molar-refractivity contribution is -0.129. The van der Waals surface area contributed by atoms with Gasteiger partial charge in [0.05, 0.1) is 0 Å². The van der Waals surface area contributed by atoms with Crippen LogP contribution in [0, 0.1) is 0 Å². The molecule has 0 spiro atoms. The summed E-state index contributed by atoms with van der Waals surface area (Å²) in [6.07, 6.45) is 1.13. The van der Waals surface area contributed by atoms with E-state index in [0.29, 0.717) is 19.1 Å². The number of ether oxygens (including phenoxy) is 1. The number of nitrogens with one attached hydrogen (secondary N) is 1. The van der Waals surface area contributed by atoms with E-state index >= 15 is 0 Å². The third-order valence-electron chi connectivity index (χ3n) is 1.29. The first-order valence-corrected chi connectivity index (χ1v) is 2.72. The molecule has 0 aliphatic carbocycles. The van der Waals surface area contributed by atoms with Gasteiger partial charge in [-0.15, -0.1) is 0 Å². The smallest absolute Gasteiger partial charge is 0.293 e. The van der Waals surface area contributed by atoms with E-state index in [2.05, 4.69) is 10.1 Å². The van der Waals surface area contributed by atoms with Crippen LogP contribution >= 0.6 is 0 Å². The predicted octanol–water partition coefficient (Wildman–Crippen LogP) is -0.479. The van der Waals surface area contributed by atoms with Gasteiger partial charge in [-0.25, -0.2) is 0 Å². The van der Waals surface area contributed by atoms with E-state index in [4.69, 9.17) is 0 Å². The standard InChI is InChI=1S/C5H9NO2/c7-4-8-3-5-1-2-6-5/h4-6H,1-3H2. The first kappa shape index (κ1) is 5.56. The Bertz CT molecular complexity index is 80.5. The molecule has 0 saturated carbocycles. The molecular weight excluding hydrogens is 106 g/mol. The van der Waals surface area contributed by atoms with Crippen molar-refractivity contribution in [3.8, 4) is 0 Å². The molecule has 0 bridgehead atoms. The molecule has 0 amide bonds. The van der Waals surface area contributed by atoms with Crippen molar-refractivity contribution >= 4 is 6.47 Å². The van der Waals surface area contributed by atoms with E-state index < -0.39 is 0 Å². The van der Waals surface area contributed by atoms with Gasteiger partial charge < -0.3 is 10.1 Å². The van der Waals surface area contributed by atoms with Crippen molar-refractivity contribution in [3.63, 3.8) is 0 Å². The van der Waals surface area contributed by atoms with Crippen LogP contribution in [-0.2, 0) is 9.53 Å². The lowest BCUT2D eigenvalue weighted by Gasteiger charge is -2.25. The van der Waals surface area contributed by atoms with Crippen LogP contribution in [0.25, 0.3) is 0 Å². The summed E-state index contributed by atoms with van der Waals surface area (Å²) in [6.45, 7) is 2.08. The molecule has 1 saturated heterocycles. The maximum absolute atomic E-state index is 9.60. The quantitative estimate of drug-likeness (QED) is 0.505. The summed E-state index contributed by atoms with van der Waals surface area (Å²) in [5.41, 5.74) is 0. The van der Waals surface area contributed by atoms with Crippen LogP contribution in [0.1, 0.15) is 6.42 Å². The maximum Gasteiger partial charge on any atom is 0.293 e. The molecule has 1 N–H and O–H groups in total. The lowest BCUT2D eigenvalue weighted by Crippen LogP contribution is -2.45. The van der Waals surface area contributed by atoms with Gasteiger partial charge >= 0.3 is 0 Å². The van der Waals surface area contributed by atoms with Gasteiger partial charge in [0.1, 0.15) is 6.61 Å². The molecule has 3 heteroatoms. The molecule has 0 aromatic rings. The highest BCUT2D eigenvalue weighted by Gasteiger charge is 2.15. The van der Waals surface area contributed by atoms with Crippen molar-refractivity contribution in [2.45, 2.75) is 12.5 Å². The molecule has 1 atom stereocenters. The summed E-state index contributed by atoms with van der Waals surface area (Å²) in [4.78, 5) is 9.60. The van der Waals surface area contributed by atoms with E-state index in [1.165, 1.54) is 0 Å². The van der Waals surface area contributed by atoms with Gasteiger partial charge in [-0.05, 0) is 13.0 Å². The number of carbonyl (C=O) groups is 1. The highest BCUT2D eigenvalue weighted by atomic mass is 16.5. The Kier molecular flexibility index (Phi) is 1.86. The monoisotopic (exact) mass is 115 g/mol. The van der Waals surface area contributed by atoms with Crippen molar-refractivity contribution in [2.75, 3.05) is 13.2 Å². The van der Waals surface area contributed by atoms with Gasteiger partial charge in [-0.1, -0.05) is 0 Å². The van der Waals surface area contributed by atoms with Gasteiger partial charge in [-0.3, -0.25) is 4.79 Å². The zero-order valence-corrected chi connectivity index (χ0v) is 4.59. The second kappa shape index (κ2) is 2.67. The average Bonchev–Trinajstić information content (AvgIpc) is 1.63. The van der Waals surface area contributed by atoms with Gasteiger partial charge in [0.2, 0.25) is 0 Å². The summed E-state index contributed by atoms with van der Waals surface area (Å²) < 4.78 is 4.49. The van der Waals surface area contributed by atoms with Gasteiger partial charge in [0.15, 0.2) is 0 Å². The first-order valence-electron chi connectivity index (χ1n) is 2.72. The van der Waals surface area contributed by atoms with E-state index in [9.17, 15) is 4.79 Å². The lowest BCUT2D eigenvalue weighted by atomic mass is 10.1. The van der Waals surface area contributed by atoms with E-state index in [0.717, 1.165) is 13.0 Å². The van der Waals surface area contributed by atoms with E-state index in [1.807, 2.05) is 0 Å². The molecule has 3 nitrogen and oxygen atoms in total. The molecule has 1 unspecified atom stereocenters. The Balaban J connectivity index is 1.93. The highest BCUT2D eigenvalue weighted by molar-refractivity contribution is 5.36. The van der Waals surface area contributed by atoms with Crippen LogP contribution in [0.15, 0.2) is 0 Å². The first-order chi connectivity index (χ1) is 3.93. The zero-order chi connectivity index (χ0) is 5.82. The summed E-state index contributed by atoms with van der Waals surface area (Å²) in [5, 5.41) is 3.10. The molecule has 46 valence electrons. The van der Waals surface area contributed by atoms with Crippen molar-refractivity contribution in [2.24, 2.45) is 0 Å². The minimum Gasteiger partial charge on any atom is -0.466 e. The number of carbonyl (C=O) groups excluding carboxylic acids is 1. The zero-order valence-electron chi connectivity index (χ0n) is 4.59. The van der Waals surface area contributed by atoms with Gasteiger partial charge in [0.25, 0.3) is 6.47 Å². The van der Waals surface area contributed by atoms with Crippen LogP contribution < -0.4 is 5.32 Å². The molecular formula is C5H9NO2. The molecule has 8 heavy (non-hydrogen) atoms. The molecule has 1 aliphatic rings. The Morgan fingerprint density at radius 2 is 2.62 bits per heavy atom. The van der Waals surface area contributed by atoms with E-state index in [-0.39, 0.29) is 0 Å². The summed E-state index contributed by atoms with van der Waals surface area (Å²) in [5.74, 6) is 0. The molecule has 1 aliphatic heterocycles. The Hall–Kier alpha value is -0.570. The molecule has 0 aromatic heterocycles. The van der Waals surface area contributed by atoms with Gasteiger partial charge in [-0.2, -0.15) is 0 Å². The third kappa shape index (κ3) is 1.20. The van der Waals surface area contributed by atoms with Crippen molar-refractivity contribution in [1.82, 2.24) is 5.32 Å². The molecule has 1 rings (SSSR count). The van der Waals surface area contributed by atoms with Crippen molar-refractivity contribution in [3.05, 3.63) is 0 Å². The van der Waals surface area contributed by atoms with Crippen LogP contribution in [0.4, 0.5) is 0 Å². The van der Waals surface area contributed by atoms with Crippen LogP contribution in [0.5, 0.6) is 0 Å². The fourth-order valence-electron chi connectivity index (χ4n) is 0.646. The Morgan fingerprint density at radius 3 is 3.00 bits per heavy atom. The van der Waals surface area contributed by atoms with Crippen LogP contribution in [-0.4, -0.2) is 25.7 Å². The number of rotatable bonds is 3. The predicted molar refractivity (Wildman–Crippen MR) is 28.4 cm³/mol. The molecule has 0 radical (unpaired) electrons. The van der Waals surface area contributed by atoms with Crippen molar-refractivity contribution in [1.29, 1.82) is 0 Å². The normalized spacial score (nSPS) is 26.2. The number of hydrogen-bond acceptors (Lipinski definition) is 3. The minimum absolute atomic E-state index is 0.431. The second-order valence-electron chi connectivity index (χ2n) is 1.87. The summed E-state index contributed by atoms with van der Waals surface area (Å²) in [7, 11) is 0.